The van der Waals surface area contributed by atoms with Crippen LogP contribution in [0.25, 0.3) is 5.69 Å². The van der Waals surface area contributed by atoms with Gasteiger partial charge in [-0.1, -0.05) is 37.7 Å². The summed E-state index contributed by atoms with van der Waals surface area (Å²) in [5, 5.41) is 16.7. The number of rotatable bonds is 5. The Morgan fingerprint density at radius 1 is 1.18 bits per heavy atom. The molecular formula is C19H23N7OS. The maximum absolute atomic E-state index is 13.0. The van der Waals surface area contributed by atoms with E-state index in [0.717, 1.165) is 24.2 Å². The highest BCUT2D eigenvalue weighted by molar-refractivity contribution is 8.00. The number of tetrazole rings is 1. The molecule has 1 aromatic carbocycles. The predicted molar refractivity (Wildman–Crippen MR) is 108 cm³/mol. The van der Waals surface area contributed by atoms with Crippen LogP contribution in [-0.2, 0) is 11.8 Å². The van der Waals surface area contributed by atoms with Crippen molar-refractivity contribution < 1.29 is 4.79 Å². The van der Waals surface area contributed by atoms with Gasteiger partial charge in [-0.2, -0.15) is 9.78 Å². The third-order valence-corrected chi connectivity index (χ3v) is 6.07. The zero-order valence-electron chi connectivity index (χ0n) is 16.2. The summed E-state index contributed by atoms with van der Waals surface area (Å²) in [6.45, 7) is 5.04. The number of anilines is 1. The number of carbonyl (C=O) groups excluding carboxylic acids is 1. The fourth-order valence-electron chi connectivity index (χ4n) is 3.30. The van der Waals surface area contributed by atoms with Crippen molar-refractivity contribution >= 4 is 23.4 Å². The molecule has 3 aromatic rings. The molecule has 0 aliphatic carbocycles. The highest BCUT2D eigenvalue weighted by atomic mass is 32.2. The van der Waals surface area contributed by atoms with Crippen LogP contribution < -0.4 is 4.90 Å². The maximum atomic E-state index is 13.0. The first kappa shape index (κ1) is 18.7. The van der Waals surface area contributed by atoms with Crippen LogP contribution in [0, 0.1) is 0 Å². The quantitative estimate of drug-likeness (QED) is 0.658. The van der Waals surface area contributed by atoms with E-state index >= 15 is 0 Å². The van der Waals surface area contributed by atoms with Gasteiger partial charge in [0.2, 0.25) is 11.1 Å². The van der Waals surface area contributed by atoms with E-state index in [0.29, 0.717) is 17.6 Å². The smallest absolute Gasteiger partial charge is 0.240 e. The summed E-state index contributed by atoms with van der Waals surface area (Å²) in [6, 6.07) is 8.21. The second kappa shape index (κ2) is 7.75. The number of hydrogen-bond acceptors (Lipinski definition) is 6. The van der Waals surface area contributed by atoms with Crippen molar-refractivity contribution in [2.24, 2.45) is 7.05 Å². The van der Waals surface area contributed by atoms with Crippen molar-refractivity contribution in [1.82, 2.24) is 30.0 Å². The van der Waals surface area contributed by atoms with Gasteiger partial charge in [-0.25, -0.2) is 0 Å². The number of thioether (sulfide) groups is 1. The van der Waals surface area contributed by atoms with E-state index in [4.69, 9.17) is 0 Å². The van der Waals surface area contributed by atoms with Gasteiger partial charge < -0.3 is 4.90 Å². The van der Waals surface area contributed by atoms with Crippen LogP contribution in [0.5, 0.6) is 0 Å². The molecule has 1 aliphatic rings. The largest absolute Gasteiger partial charge is 0.309 e. The summed E-state index contributed by atoms with van der Waals surface area (Å²) < 4.78 is 3.41. The molecule has 1 fully saturated rings. The molecule has 1 amide bonds. The summed E-state index contributed by atoms with van der Waals surface area (Å²) in [7, 11) is 1.85. The number of piperidine rings is 1. The van der Waals surface area contributed by atoms with Gasteiger partial charge >= 0.3 is 0 Å². The molecule has 146 valence electrons. The first-order valence-electron chi connectivity index (χ1n) is 9.38. The Balaban J connectivity index is 1.53. The summed E-state index contributed by atoms with van der Waals surface area (Å²) >= 11 is 1.42. The van der Waals surface area contributed by atoms with Crippen LogP contribution in [0.2, 0.25) is 0 Å². The lowest BCUT2D eigenvalue weighted by atomic mass is 10.0. The van der Waals surface area contributed by atoms with Gasteiger partial charge in [0, 0.05) is 19.8 Å². The monoisotopic (exact) mass is 397 g/mol. The summed E-state index contributed by atoms with van der Waals surface area (Å²) in [6.07, 6.45) is 5.33. The van der Waals surface area contributed by atoms with Gasteiger partial charge in [0.1, 0.15) is 0 Å². The number of aromatic nitrogens is 6. The van der Waals surface area contributed by atoms with Gasteiger partial charge in [0.05, 0.1) is 22.8 Å². The van der Waals surface area contributed by atoms with E-state index in [1.165, 1.54) is 17.3 Å². The van der Waals surface area contributed by atoms with Gasteiger partial charge in [0.15, 0.2) is 0 Å². The topological polar surface area (TPSA) is 81.7 Å². The van der Waals surface area contributed by atoms with Crippen molar-refractivity contribution in [2.75, 3.05) is 11.4 Å². The molecule has 1 unspecified atom stereocenters. The molecule has 1 aliphatic heterocycles. The zero-order chi connectivity index (χ0) is 19.7. The van der Waals surface area contributed by atoms with Gasteiger partial charge in [0.25, 0.3) is 0 Å². The van der Waals surface area contributed by atoms with Gasteiger partial charge in [-0.3, -0.25) is 9.48 Å². The Morgan fingerprint density at radius 2 is 1.96 bits per heavy atom. The van der Waals surface area contributed by atoms with E-state index in [-0.39, 0.29) is 11.2 Å². The molecule has 0 saturated carbocycles. The average Bonchev–Trinajstić information content (AvgIpc) is 3.32. The van der Waals surface area contributed by atoms with Crippen LogP contribution in [0.4, 0.5) is 5.69 Å². The average molecular weight is 398 g/mol. The molecule has 2 aromatic heterocycles. The predicted octanol–water partition coefficient (Wildman–Crippen LogP) is 2.81. The number of carbonyl (C=O) groups is 1. The summed E-state index contributed by atoms with van der Waals surface area (Å²) in [5.74, 6) is 0.545. The van der Waals surface area contributed by atoms with E-state index in [1.54, 1.807) is 20.5 Å². The van der Waals surface area contributed by atoms with E-state index < -0.39 is 0 Å². The van der Waals surface area contributed by atoms with Gasteiger partial charge in [-0.05, 0) is 46.9 Å². The van der Waals surface area contributed by atoms with E-state index in [9.17, 15) is 4.79 Å². The Morgan fingerprint density at radius 3 is 2.64 bits per heavy atom. The standard InChI is InChI=1S/C19H23N7OS/c1-13(2)14-6-8-15(9-7-14)26-19(21-22-23-26)28-17-5-4-10-25(18(17)27)16-11-20-24(3)12-16/h6-9,11-13,17H,4-5,10H2,1-3H3. The number of benzene rings is 1. The Hall–Kier alpha value is -2.68. The molecule has 0 spiro atoms. The molecule has 9 heteroatoms. The van der Waals surface area contributed by atoms with Crippen LogP contribution in [0.3, 0.4) is 0 Å². The fourth-order valence-corrected chi connectivity index (χ4v) is 4.39. The lowest BCUT2D eigenvalue weighted by Crippen LogP contribution is -2.43. The number of nitrogens with zero attached hydrogens (tertiary/aromatic N) is 7. The molecule has 8 nitrogen and oxygen atoms in total. The first-order valence-corrected chi connectivity index (χ1v) is 10.3. The van der Waals surface area contributed by atoms with E-state index in [2.05, 4.69) is 46.6 Å². The second-order valence-corrected chi connectivity index (χ2v) is 8.40. The number of amides is 1. The maximum Gasteiger partial charge on any atom is 0.240 e. The lowest BCUT2D eigenvalue weighted by Gasteiger charge is -2.30. The fraction of sp³-hybridized carbons (Fsp3) is 0.421. The third-order valence-electron chi connectivity index (χ3n) is 4.89. The molecule has 0 radical (unpaired) electrons. The highest BCUT2D eigenvalue weighted by Crippen LogP contribution is 2.32. The minimum atomic E-state index is -0.214. The lowest BCUT2D eigenvalue weighted by molar-refractivity contribution is -0.119. The van der Waals surface area contributed by atoms with Crippen molar-refractivity contribution in [3.8, 4) is 5.69 Å². The molecule has 28 heavy (non-hydrogen) atoms. The van der Waals surface area contributed by atoms with Crippen LogP contribution in [0.15, 0.2) is 41.8 Å². The Kier molecular flexibility index (Phi) is 5.17. The molecule has 0 bridgehead atoms. The van der Waals surface area contributed by atoms with Crippen LogP contribution in [-0.4, -0.2) is 47.7 Å². The molecule has 0 N–H and O–H groups in total. The zero-order valence-corrected chi connectivity index (χ0v) is 17.0. The van der Waals surface area contributed by atoms with Crippen LogP contribution in [0.1, 0.15) is 38.2 Å². The van der Waals surface area contributed by atoms with Crippen molar-refractivity contribution in [1.29, 1.82) is 0 Å². The number of aryl methyl sites for hydroxylation is 1. The second-order valence-electron chi connectivity index (χ2n) is 7.23. The normalized spacial score (nSPS) is 17.5. The summed E-state index contributed by atoms with van der Waals surface area (Å²) in [5.41, 5.74) is 2.99. The molecule has 1 atom stereocenters. The van der Waals surface area contributed by atoms with Gasteiger partial charge in [-0.15, -0.1) is 5.10 Å². The minimum Gasteiger partial charge on any atom is -0.309 e. The summed E-state index contributed by atoms with van der Waals surface area (Å²) in [4.78, 5) is 14.8. The van der Waals surface area contributed by atoms with Crippen molar-refractivity contribution in [2.45, 2.75) is 43.0 Å². The Labute approximate surface area is 167 Å². The minimum absolute atomic E-state index is 0.0777. The SMILES string of the molecule is CC(C)c1ccc(-n2nnnc2SC2CCCN(c3cnn(C)c3)C2=O)cc1. The Bertz CT molecular complexity index is 963. The number of hydrogen-bond donors (Lipinski definition) is 0. The molecule has 3 heterocycles. The highest BCUT2D eigenvalue weighted by Gasteiger charge is 2.32. The van der Waals surface area contributed by atoms with Crippen molar-refractivity contribution in [3.63, 3.8) is 0 Å². The molecule has 1 saturated heterocycles. The van der Waals surface area contributed by atoms with E-state index in [1.807, 2.05) is 25.4 Å². The molecular weight excluding hydrogens is 374 g/mol. The first-order chi connectivity index (χ1) is 13.5. The third kappa shape index (κ3) is 3.66. The van der Waals surface area contributed by atoms with Crippen molar-refractivity contribution in [3.05, 3.63) is 42.2 Å². The van der Waals surface area contributed by atoms with Crippen LogP contribution >= 0.6 is 11.8 Å². The molecule has 4 rings (SSSR count).